The molecule has 1 aromatic carbocycles. The maximum Gasteiger partial charge on any atom is 0.243 e. The summed E-state index contributed by atoms with van der Waals surface area (Å²) < 4.78 is 32.7. The van der Waals surface area contributed by atoms with Crippen molar-refractivity contribution in [2.75, 3.05) is 20.2 Å². The lowest BCUT2D eigenvalue weighted by atomic mass is 10.1. The Balaban J connectivity index is 2.36. The van der Waals surface area contributed by atoms with Crippen molar-refractivity contribution >= 4 is 10.0 Å². The van der Waals surface area contributed by atoms with Crippen LogP contribution in [0.4, 0.5) is 0 Å². The first kappa shape index (κ1) is 16.3. The zero-order chi connectivity index (χ0) is 15.6. The van der Waals surface area contributed by atoms with Crippen LogP contribution in [0.15, 0.2) is 17.0 Å². The van der Waals surface area contributed by atoms with Crippen LogP contribution in [0.3, 0.4) is 0 Å². The largest absolute Gasteiger partial charge is 0.496 e. The van der Waals surface area contributed by atoms with Crippen LogP contribution in [0, 0.1) is 19.8 Å². The van der Waals surface area contributed by atoms with Crippen molar-refractivity contribution in [3.63, 3.8) is 0 Å². The van der Waals surface area contributed by atoms with Crippen LogP contribution < -0.4 is 4.74 Å². The molecule has 21 heavy (non-hydrogen) atoms. The van der Waals surface area contributed by atoms with Gasteiger partial charge in [0.2, 0.25) is 10.0 Å². The van der Waals surface area contributed by atoms with Crippen molar-refractivity contribution in [3.05, 3.63) is 23.3 Å². The molecule has 0 atom stereocenters. The Morgan fingerprint density at radius 1 is 1.24 bits per heavy atom. The van der Waals surface area contributed by atoms with Gasteiger partial charge in [0.05, 0.1) is 12.0 Å². The van der Waals surface area contributed by atoms with E-state index in [-0.39, 0.29) is 0 Å². The molecule has 4 nitrogen and oxygen atoms in total. The first-order valence-corrected chi connectivity index (χ1v) is 8.99. The second-order valence-electron chi connectivity index (χ2n) is 5.90. The van der Waals surface area contributed by atoms with Crippen LogP contribution in [-0.4, -0.2) is 32.9 Å². The Morgan fingerprint density at radius 2 is 1.81 bits per heavy atom. The van der Waals surface area contributed by atoms with Gasteiger partial charge in [-0.1, -0.05) is 6.92 Å². The van der Waals surface area contributed by atoms with Crippen molar-refractivity contribution in [2.24, 2.45) is 5.92 Å². The summed E-state index contributed by atoms with van der Waals surface area (Å²) in [5.41, 5.74) is 1.72. The van der Waals surface area contributed by atoms with E-state index in [1.165, 1.54) is 0 Å². The number of nitrogens with zero attached hydrogens (tertiary/aromatic N) is 1. The highest BCUT2D eigenvalue weighted by atomic mass is 32.2. The zero-order valence-electron chi connectivity index (χ0n) is 13.3. The third kappa shape index (κ3) is 3.58. The third-order valence-corrected chi connectivity index (χ3v) is 5.75. The van der Waals surface area contributed by atoms with Crippen molar-refractivity contribution in [1.82, 2.24) is 4.31 Å². The molecule has 1 aliphatic rings. The van der Waals surface area contributed by atoms with E-state index in [9.17, 15) is 8.42 Å². The lowest BCUT2D eigenvalue weighted by molar-refractivity contribution is 0.394. The van der Waals surface area contributed by atoms with Crippen LogP contribution in [0.1, 0.15) is 37.3 Å². The number of hydrogen-bond donors (Lipinski definition) is 0. The fraction of sp³-hybridized carbons (Fsp3) is 0.625. The monoisotopic (exact) mass is 311 g/mol. The quantitative estimate of drug-likeness (QED) is 0.777. The van der Waals surface area contributed by atoms with Gasteiger partial charge in [-0.15, -0.1) is 0 Å². The second kappa shape index (κ2) is 6.36. The molecule has 0 aromatic heterocycles. The van der Waals surface area contributed by atoms with Crippen molar-refractivity contribution < 1.29 is 13.2 Å². The highest BCUT2D eigenvalue weighted by Gasteiger charge is 2.31. The summed E-state index contributed by atoms with van der Waals surface area (Å²) in [4.78, 5) is 0.382. The maximum absolute atomic E-state index is 12.9. The molecular formula is C16H25NO3S. The average Bonchev–Trinajstić information content (AvgIpc) is 3.21. The van der Waals surface area contributed by atoms with Gasteiger partial charge in [0.1, 0.15) is 5.75 Å². The zero-order valence-corrected chi connectivity index (χ0v) is 14.2. The van der Waals surface area contributed by atoms with Crippen LogP contribution in [0.2, 0.25) is 0 Å². The number of benzene rings is 1. The highest BCUT2D eigenvalue weighted by Crippen LogP contribution is 2.33. The van der Waals surface area contributed by atoms with Gasteiger partial charge in [0.25, 0.3) is 0 Å². The molecule has 0 heterocycles. The molecule has 0 saturated heterocycles. The summed E-state index contributed by atoms with van der Waals surface area (Å²) >= 11 is 0. The number of rotatable bonds is 7. The lowest BCUT2D eigenvalue weighted by Crippen LogP contribution is -2.33. The molecule has 5 heteroatoms. The Bertz CT molecular complexity index is 583. The number of ether oxygens (including phenoxy) is 1. The van der Waals surface area contributed by atoms with E-state index in [2.05, 4.69) is 0 Å². The minimum absolute atomic E-state index is 0.382. The molecule has 0 aliphatic heterocycles. The number of sulfonamides is 1. The molecule has 1 fully saturated rings. The van der Waals surface area contributed by atoms with Crippen LogP contribution in [0.5, 0.6) is 5.75 Å². The van der Waals surface area contributed by atoms with Crippen LogP contribution >= 0.6 is 0 Å². The minimum atomic E-state index is -3.41. The normalized spacial score (nSPS) is 15.5. The fourth-order valence-electron chi connectivity index (χ4n) is 2.68. The Kier molecular flexibility index (Phi) is 4.94. The summed E-state index contributed by atoms with van der Waals surface area (Å²) in [6, 6.07) is 3.44. The minimum Gasteiger partial charge on any atom is -0.496 e. The summed E-state index contributed by atoms with van der Waals surface area (Å²) in [6.45, 7) is 7.02. The van der Waals surface area contributed by atoms with E-state index in [1.54, 1.807) is 23.5 Å². The van der Waals surface area contributed by atoms with Gasteiger partial charge < -0.3 is 4.74 Å². The Morgan fingerprint density at radius 3 is 2.24 bits per heavy atom. The predicted molar refractivity (Wildman–Crippen MR) is 84.2 cm³/mol. The summed E-state index contributed by atoms with van der Waals surface area (Å²) in [5, 5.41) is 0. The van der Waals surface area contributed by atoms with Gasteiger partial charge in [0.15, 0.2) is 0 Å². The number of methoxy groups -OCH3 is 1. The second-order valence-corrected chi connectivity index (χ2v) is 7.83. The molecule has 0 spiro atoms. The predicted octanol–water partition coefficient (Wildman–Crippen LogP) is 3.12. The number of aryl methyl sites for hydroxylation is 2. The van der Waals surface area contributed by atoms with Gasteiger partial charge in [-0.25, -0.2) is 8.42 Å². The van der Waals surface area contributed by atoms with Crippen molar-refractivity contribution in [3.8, 4) is 5.75 Å². The average molecular weight is 311 g/mol. The summed E-state index contributed by atoms with van der Waals surface area (Å²) in [7, 11) is -1.80. The molecular weight excluding hydrogens is 286 g/mol. The van der Waals surface area contributed by atoms with E-state index >= 15 is 0 Å². The molecule has 1 saturated carbocycles. The topological polar surface area (TPSA) is 46.6 Å². The first-order chi connectivity index (χ1) is 9.90. The van der Waals surface area contributed by atoms with E-state index in [0.29, 0.717) is 23.9 Å². The highest BCUT2D eigenvalue weighted by molar-refractivity contribution is 7.89. The maximum atomic E-state index is 12.9. The third-order valence-electron chi connectivity index (χ3n) is 3.91. The molecule has 0 amide bonds. The van der Waals surface area contributed by atoms with E-state index in [4.69, 9.17) is 4.74 Å². The lowest BCUT2D eigenvalue weighted by Gasteiger charge is -2.22. The molecule has 0 unspecified atom stereocenters. The van der Waals surface area contributed by atoms with Crippen molar-refractivity contribution in [2.45, 2.75) is 44.9 Å². The molecule has 0 radical (unpaired) electrons. The van der Waals surface area contributed by atoms with E-state index in [1.807, 2.05) is 20.8 Å². The van der Waals surface area contributed by atoms with Crippen LogP contribution in [-0.2, 0) is 10.0 Å². The fourth-order valence-corrected chi connectivity index (χ4v) is 4.46. The first-order valence-electron chi connectivity index (χ1n) is 7.55. The molecule has 118 valence electrons. The smallest absolute Gasteiger partial charge is 0.243 e. The van der Waals surface area contributed by atoms with Gasteiger partial charge in [-0.2, -0.15) is 4.31 Å². The molecule has 1 aliphatic carbocycles. The Labute approximate surface area is 128 Å². The number of hydrogen-bond acceptors (Lipinski definition) is 3. The van der Waals surface area contributed by atoms with Gasteiger partial charge >= 0.3 is 0 Å². The summed E-state index contributed by atoms with van der Waals surface area (Å²) in [6.07, 6.45) is 3.13. The molecule has 0 bridgehead atoms. The summed E-state index contributed by atoms with van der Waals surface area (Å²) in [5.74, 6) is 1.31. The Hall–Kier alpha value is -1.07. The van der Waals surface area contributed by atoms with Gasteiger partial charge in [0, 0.05) is 13.1 Å². The van der Waals surface area contributed by atoms with Crippen LogP contribution in [0.25, 0.3) is 0 Å². The van der Waals surface area contributed by atoms with E-state index < -0.39 is 10.0 Å². The molecule has 2 rings (SSSR count). The van der Waals surface area contributed by atoms with Gasteiger partial charge in [-0.3, -0.25) is 0 Å². The van der Waals surface area contributed by atoms with Crippen molar-refractivity contribution in [1.29, 1.82) is 0 Å². The standard InChI is InChI=1S/C16H25NO3S/c1-5-8-17(11-14-6-7-14)21(18,19)15-9-12(2)16(20-4)13(3)10-15/h9-10,14H,5-8,11H2,1-4H3. The van der Waals surface area contributed by atoms with Gasteiger partial charge in [-0.05, 0) is 62.3 Å². The molecule has 0 N–H and O–H groups in total. The molecule has 1 aromatic rings. The SMILES string of the molecule is CCCN(CC1CC1)S(=O)(=O)c1cc(C)c(OC)c(C)c1. The van der Waals surface area contributed by atoms with E-state index in [0.717, 1.165) is 36.1 Å².